The van der Waals surface area contributed by atoms with Crippen LogP contribution >= 0.6 is 11.8 Å². The minimum Gasteiger partial charge on any atom is -0.368 e. The van der Waals surface area contributed by atoms with Gasteiger partial charge in [0, 0.05) is 37.3 Å². The number of thioether (sulfide) groups is 1. The van der Waals surface area contributed by atoms with Gasteiger partial charge >= 0.3 is 0 Å². The number of hydrogen-bond donors (Lipinski definition) is 0. The smallest absolute Gasteiger partial charge is 0.235 e. The van der Waals surface area contributed by atoms with Crippen LogP contribution < -0.4 is 4.90 Å². The molecule has 1 atom stereocenters. The summed E-state index contributed by atoms with van der Waals surface area (Å²) < 4.78 is 0. The first-order chi connectivity index (χ1) is 13.6. The largest absolute Gasteiger partial charge is 0.368 e. The molecule has 1 aliphatic rings. The molecule has 0 bridgehead atoms. The van der Waals surface area contributed by atoms with E-state index in [-0.39, 0.29) is 11.2 Å². The number of carbonyl (C=O) groups excluding carboxylic acids is 1. The van der Waals surface area contributed by atoms with Gasteiger partial charge in [0.15, 0.2) is 0 Å². The van der Waals surface area contributed by atoms with Crippen LogP contribution in [0.4, 0.5) is 5.69 Å². The van der Waals surface area contributed by atoms with Crippen LogP contribution in [0.2, 0.25) is 0 Å². The number of anilines is 1. The third kappa shape index (κ3) is 3.97. The first kappa shape index (κ1) is 18.7. The lowest BCUT2D eigenvalue weighted by molar-refractivity contribution is -0.130. The van der Waals surface area contributed by atoms with E-state index in [1.807, 2.05) is 49.1 Å². The zero-order valence-corrected chi connectivity index (χ0v) is 17.0. The van der Waals surface area contributed by atoms with Crippen molar-refractivity contribution in [2.45, 2.75) is 24.1 Å². The Balaban J connectivity index is 1.42. The van der Waals surface area contributed by atoms with E-state index in [9.17, 15) is 4.79 Å². The SMILES string of the molecule is Cc1nc(S[C@@H](C)C(=O)N2CCN(c3ccccc3)CC2)c2ccccc2n1. The van der Waals surface area contributed by atoms with Crippen molar-refractivity contribution in [3.63, 3.8) is 0 Å². The number of amides is 1. The second-order valence-electron chi connectivity index (χ2n) is 7.00. The maximum absolute atomic E-state index is 13.0. The van der Waals surface area contributed by atoms with Crippen LogP contribution in [0.25, 0.3) is 10.9 Å². The molecular formula is C22H24N4OS. The molecule has 0 saturated carbocycles. The van der Waals surface area contributed by atoms with Crippen LogP contribution in [0, 0.1) is 6.92 Å². The van der Waals surface area contributed by atoms with Gasteiger partial charge in [-0.1, -0.05) is 48.2 Å². The summed E-state index contributed by atoms with van der Waals surface area (Å²) in [5.74, 6) is 0.912. The van der Waals surface area contributed by atoms with Crippen LogP contribution in [0.5, 0.6) is 0 Å². The molecule has 1 aromatic heterocycles. The minimum absolute atomic E-state index is 0.179. The number of fused-ring (bicyclic) bond motifs is 1. The summed E-state index contributed by atoms with van der Waals surface area (Å²) in [5, 5.41) is 1.71. The molecule has 4 rings (SSSR count). The second kappa shape index (κ2) is 8.19. The van der Waals surface area contributed by atoms with Crippen molar-refractivity contribution in [2.75, 3.05) is 31.1 Å². The molecule has 1 aliphatic heterocycles. The van der Waals surface area contributed by atoms with Gasteiger partial charge in [0.05, 0.1) is 10.8 Å². The molecular weight excluding hydrogens is 368 g/mol. The van der Waals surface area contributed by atoms with Gasteiger partial charge in [-0.2, -0.15) is 0 Å². The van der Waals surface area contributed by atoms with Gasteiger partial charge < -0.3 is 9.80 Å². The topological polar surface area (TPSA) is 49.3 Å². The Hall–Kier alpha value is -2.60. The molecule has 0 radical (unpaired) electrons. The Kier molecular flexibility index (Phi) is 5.48. The number of piperazine rings is 1. The zero-order valence-electron chi connectivity index (χ0n) is 16.2. The molecule has 5 nitrogen and oxygen atoms in total. The molecule has 0 unspecified atom stereocenters. The lowest BCUT2D eigenvalue weighted by Crippen LogP contribution is -2.50. The number of benzene rings is 2. The van der Waals surface area contributed by atoms with E-state index in [0.29, 0.717) is 0 Å². The fourth-order valence-corrected chi connectivity index (χ4v) is 4.62. The Bertz CT molecular complexity index is 971. The first-order valence-electron chi connectivity index (χ1n) is 9.60. The highest BCUT2D eigenvalue weighted by Gasteiger charge is 2.26. The molecule has 1 saturated heterocycles. The number of aryl methyl sites for hydroxylation is 1. The number of para-hydroxylation sites is 2. The zero-order chi connectivity index (χ0) is 19.5. The van der Waals surface area contributed by atoms with Crippen molar-refractivity contribution in [3.8, 4) is 0 Å². The van der Waals surface area contributed by atoms with Gasteiger partial charge in [-0.3, -0.25) is 4.79 Å². The third-order valence-electron chi connectivity index (χ3n) is 5.03. The van der Waals surface area contributed by atoms with Crippen molar-refractivity contribution in [1.82, 2.24) is 14.9 Å². The summed E-state index contributed by atoms with van der Waals surface area (Å²) in [6.45, 7) is 7.10. The molecule has 0 spiro atoms. The Morgan fingerprint density at radius 1 is 0.964 bits per heavy atom. The molecule has 3 aromatic rings. The van der Waals surface area contributed by atoms with Crippen molar-refractivity contribution < 1.29 is 4.79 Å². The summed E-state index contributed by atoms with van der Waals surface area (Å²) in [7, 11) is 0. The normalized spacial score (nSPS) is 15.6. The summed E-state index contributed by atoms with van der Waals surface area (Å²) in [6.07, 6.45) is 0. The summed E-state index contributed by atoms with van der Waals surface area (Å²) >= 11 is 1.53. The van der Waals surface area contributed by atoms with Crippen molar-refractivity contribution in [1.29, 1.82) is 0 Å². The van der Waals surface area contributed by atoms with Crippen LogP contribution in [-0.4, -0.2) is 52.2 Å². The minimum atomic E-state index is -0.180. The molecule has 2 heterocycles. The average Bonchev–Trinajstić information content (AvgIpc) is 2.74. The van der Waals surface area contributed by atoms with Crippen LogP contribution in [0.15, 0.2) is 59.6 Å². The first-order valence-corrected chi connectivity index (χ1v) is 10.5. The van der Waals surface area contributed by atoms with E-state index < -0.39 is 0 Å². The van der Waals surface area contributed by atoms with Gasteiger partial charge in [0.1, 0.15) is 10.9 Å². The van der Waals surface area contributed by atoms with Gasteiger partial charge in [0.2, 0.25) is 5.91 Å². The molecule has 144 valence electrons. The van der Waals surface area contributed by atoms with Crippen molar-refractivity contribution >= 4 is 34.3 Å². The number of carbonyl (C=O) groups is 1. The molecule has 1 fully saturated rings. The van der Waals surface area contributed by atoms with Crippen LogP contribution in [0.1, 0.15) is 12.7 Å². The van der Waals surface area contributed by atoms with E-state index in [0.717, 1.165) is 47.9 Å². The van der Waals surface area contributed by atoms with E-state index in [4.69, 9.17) is 0 Å². The monoisotopic (exact) mass is 392 g/mol. The van der Waals surface area contributed by atoms with E-state index in [1.54, 1.807) is 0 Å². The van der Waals surface area contributed by atoms with Crippen molar-refractivity contribution in [2.24, 2.45) is 0 Å². The number of rotatable bonds is 4. The van der Waals surface area contributed by atoms with Crippen molar-refractivity contribution in [3.05, 3.63) is 60.4 Å². The highest BCUT2D eigenvalue weighted by Crippen LogP contribution is 2.29. The molecule has 0 N–H and O–H groups in total. The molecule has 2 aromatic carbocycles. The standard InChI is InChI=1S/C22H24N4OS/c1-16(28-21-19-10-6-7-11-20(19)23-17(2)24-21)22(27)26-14-12-25(13-15-26)18-8-4-3-5-9-18/h3-11,16H,12-15H2,1-2H3/t16-/m0/s1. The maximum atomic E-state index is 13.0. The predicted molar refractivity (Wildman–Crippen MR) is 115 cm³/mol. The van der Waals surface area contributed by atoms with Gasteiger partial charge in [-0.05, 0) is 32.0 Å². The fourth-order valence-electron chi connectivity index (χ4n) is 3.55. The van der Waals surface area contributed by atoms with Crippen LogP contribution in [0.3, 0.4) is 0 Å². The quantitative estimate of drug-likeness (QED) is 0.500. The Morgan fingerprint density at radius 3 is 2.39 bits per heavy atom. The summed E-state index contributed by atoms with van der Waals surface area (Å²) in [5.41, 5.74) is 2.15. The van der Waals surface area contributed by atoms with Gasteiger partial charge in [-0.25, -0.2) is 9.97 Å². The van der Waals surface area contributed by atoms with Gasteiger partial charge in [-0.15, -0.1) is 0 Å². The Labute approximate surface area is 169 Å². The number of aromatic nitrogens is 2. The summed E-state index contributed by atoms with van der Waals surface area (Å²) in [6, 6.07) is 18.4. The highest BCUT2D eigenvalue weighted by atomic mass is 32.2. The molecule has 1 amide bonds. The van der Waals surface area contributed by atoms with E-state index in [1.165, 1.54) is 17.4 Å². The van der Waals surface area contributed by atoms with E-state index in [2.05, 4.69) is 39.1 Å². The summed E-state index contributed by atoms with van der Waals surface area (Å²) in [4.78, 5) is 26.4. The molecule has 6 heteroatoms. The van der Waals surface area contributed by atoms with Crippen LogP contribution in [-0.2, 0) is 4.79 Å². The number of hydrogen-bond acceptors (Lipinski definition) is 5. The van der Waals surface area contributed by atoms with Gasteiger partial charge in [0.25, 0.3) is 0 Å². The fraction of sp³-hybridized carbons (Fsp3) is 0.318. The number of nitrogens with zero attached hydrogens (tertiary/aromatic N) is 4. The third-order valence-corrected chi connectivity index (χ3v) is 6.12. The maximum Gasteiger partial charge on any atom is 0.235 e. The lowest BCUT2D eigenvalue weighted by Gasteiger charge is -2.37. The average molecular weight is 393 g/mol. The molecule has 28 heavy (non-hydrogen) atoms. The lowest BCUT2D eigenvalue weighted by atomic mass is 10.2. The Morgan fingerprint density at radius 2 is 1.64 bits per heavy atom. The predicted octanol–water partition coefficient (Wildman–Crippen LogP) is 3.77. The molecule has 0 aliphatic carbocycles. The second-order valence-corrected chi connectivity index (χ2v) is 8.33. The van der Waals surface area contributed by atoms with E-state index >= 15 is 0 Å². The highest BCUT2D eigenvalue weighted by molar-refractivity contribution is 8.00.